The molecule has 0 aromatic heterocycles. The van der Waals surface area contributed by atoms with Crippen molar-refractivity contribution in [3.05, 3.63) is 106 Å². The molecule has 4 rings (SSSR count). The highest BCUT2D eigenvalue weighted by atomic mass is 35.5. The van der Waals surface area contributed by atoms with E-state index in [0.717, 1.165) is 42.7 Å². The topological polar surface area (TPSA) is 50.8 Å². The van der Waals surface area contributed by atoms with Gasteiger partial charge in [0.25, 0.3) is 0 Å². The maximum Gasteiger partial charge on any atom is 0.198 e. The predicted molar refractivity (Wildman–Crippen MR) is 167 cm³/mol. The van der Waals surface area contributed by atoms with Crippen molar-refractivity contribution in [2.24, 2.45) is 10.9 Å². The number of anilines is 1. The molecule has 0 heterocycles. The van der Waals surface area contributed by atoms with E-state index in [0.29, 0.717) is 28.3 Å². The molecule has 0 saturated carbocycles. The van der Waals surface area contributed by atoms with Gasteiger partial charge in [0, 0.05) is 17.5 Å². The second-order valence-corrected chi connectivity index (χ2v) is 10.8. The molecule has 0 fully saturated rings. The molecule has 1 aliphatic rings. The van der Waals surface area contributed by atoms with Gasteiger partial charge in [-0.3, -0.25) is 4.90 Å². The number of nitrogens with two attached hydrogens (primary N) is 1. The van der Waals surface area contributed by atoms with Crippen molar-refractivity contribution in [1.82, 2.24) is 4.90 Å². The summed E-state index contributed by atoms with van der Waals surface area (Å²) in [4.78, 5) is 7.36. The maximum absolute atomic E-state index is 6.70. The summed E-state index contributed by atoms with van der Waals surface area (Å²) in [7, 11) is 2.15. The van der Waals surface area contributed by atoms with Gasteiger partial charge in [-0.05, 0) is 86.3 Å². The number of benzene rings is 3. The molecule has 3 aromatic rings. The van der Waals surface area contributed by atoms with E-state index in [1.54, 1.807) is 6.07 Å². The summed E-state index contributed by atoms with van der Waals surface area (Å²) >= 11 is 6.70. The first kappa shape index (κ1) is 28.7. The number of allylic oxidation sites excluding steroid dienone is 2. The first-order chi connectivity index (χ1) is 18.8. The Balaban J connectivity index is 1.70. The Hall–Kier alpha value is -3.34. The Morgan fingerprint density at radius 1 is 1.13 bits per heavy atom. The number of hydrogen-bond acceptors (Lipinski definition) is 4. The molecule has 0 bridgehead atoms. The highest BCUT2D eigenvalue weighted by molar-refractivity contribution is 6.33. The van der Waals surface area contributed by atoms with Crippen molar-refractivity contribution in [2.45, 2.75) is 53.0 Å². The standard InChI is InChI=1S/C34H40ClN3O/c1-6-26-20-29(18-13-23(26)3)39-34(24(4)19-25-11-9-8-10-12-25)37-33-21-30(31(35)22-32(33)36)27-14-16-28(17-15-27)38(5)7-2/h8-16,18,20-22,24,28H,6-7,17,19,36H2,1-5H3. The van der Waals surface area contributed by atoms with Crippen LogP contribution in [0.25, 0.3) is 5.57 Å². The van der Waals surface area contributed by atoms with Gasteiger partial charge in [-0.15, -0.1) is 0 Å². The second-order valence-electron chi connectivity index (χ2n) is 10.4. The Morgan fingerprint density at radius 3 is 2.56 bits per heavy atom. The number of likely N-dealkylation sites (N-methyl/N-ethyl adjacent to an activating group) is 1. The molecule has 0 spiro atoms. The van der Waals surface area contributed by atoms with E-state index in [-0.39, 0.29) is 5.92 Å². The van der Waals surface area contributed by atoms with Crippen molar-refractivity contribution in [2.75, 3.05) is 19.3 Å². The Morgan fingerprint density at radius 2 is 1.90 bits per heavy atom. The fourth-order valence-electron chi connectivity index (χ4n) is 4.89. The first-order valence-corrected chi connectivity index (χ1v) is 14.2. The largest absolute Gasteiger partial charge is 0.443 e. The minimum absolute atomic E-state index is 0.0245. The van der Waals surface area contributed by atoms with E-state index in [2.05, 4.69) is 94.3 Å². The molecule has 0 radical (unpaired) electrons. The van der Waals surface area contributed by atoms with Gasteiger partial charge in [0.2, 0.25) is 0 Å². The van der Waals surface area contributed by atoms with Crippen LogP contribution in [-0.4, -0.2) is 30.4 Å². The van der Waals surface area contributed by atoms with Crippen LogP contribution in [0.4, 0.5) is 11.4 Å². The highest BCUT2D eigenvalue weighted by Gasteiger charge is 2.19. The van der Waals surface area contributed by atoms with Crippen LogP contribution in [-0.2, 0) is 12.8 Å². The number of nitrogen functional groups attached to an aromatic ring is 1. The zero-order valence-corrected chi connectivity index (χ0v) is 24.5. The average Bonchev–Trinajstić information content (AvgIpc) is 2.95. The second kappa shape index (κ2) is 13.1. The third kappa shape index (κ3) is 7.20. The summed E-state index contributed by atoms with van der Waals surface area (Å²) in [5.41, 5.74) is 13.4. The summed E-state index contributed by atoms with van der Waals surface area (Å²) in [6, 6.07) is 20.8. The van der Waals surface area contributed by atoms with Crippen LogP contribution in [0.5, 0.6) is 5.75 Å². The van der Waals surface area contributed by atoms with Crippen molar-refractivity contribution in [1.29, 1.82) is 0 Å². The lowest BCUT2D eigenvalue weighted by Crippen LogP contribution is -2.30. The van der Waals surface area contributed by atoms with E-state index in [1.165, 1.54) is 16.7 Å². The molecule has 0 saturated heterocycles. The van der Waals surface area contributed by atoms with E-state index in [1.807, 2.05) is 18.2 Å². The van der Waals surface area contributed by atoms with Crippen LogP contribution >= 0.6 is 11.6 Å². The number of aliphatic imine (C=N–C) groups is 1. The van der Waals surface area contributed by atoms with Gasteiger partial charge >= 0.3 is 0 Å². The molecule has 2 unspecified atom stereocenters. The van der Waals surface area contributed by atoms with Gasteiger partial charge in [-0.2, -0.15) is 0 Å². The summed E-state index contributed by atoms with van der Waals surface area (Å²) in [5, 5.41) is 0.621. The maximum atomic E-state index is 6.70. The van der Waals surface area contributed by atoms with Crippen LogP contribution in [0.1, 0.15) is 49.4 Å². The molecule has 39 heavy (non-hydrogen) atoms. The first-order valence-electron chi connectivity index (χ1n) is 13.9. The molecule has 1 aliphatic carbocycles. The minimum Gasteiger partial charge on any atom is -0.443 e. The van der Waals surface area contributed by atoms with Crippen LogP contribution in [0.3, 0.4) is 0 Å². The van der Waals surface area contributed by atoms with Gasteiger partial charge in [0.1, 0.15) is 5.75 Å². The SMILES string of the molecule is CCc1cc(OC(=Nc2cc(C3=CCC(N(C)CC)C=C3)c(Cl)cc2N)C(C)Cc2ccccc2)ccc1C. The van der Waals surface area contributed by atoms with Gasteiger partial charge in [-0.1, -0.05) is 87.0 Å². The Kier molecular flexibility index (Phi) is 9.66. The third-order valence-corrected chi connectivity index (χ3v) is 7.84. The van der Waals surface area contributed by atoms with Gasteiger partial charge in [0.05, 0.1) is 16.4 Å². The number of ether oxygens (including phenoxy) is 1. The molecule has 0 aliphatic heterocycles. The number of hydrogen-bond donors (Lipinski definition) is 1. The summed E-state index contributed by atoms with van der Waals surface area (Å²) < 4.78 is 6.50. The smallest absolute Gasteiger partial charge is 0.198 e. The molecule has 4 nitrogen and oxygen atoms in total. The summed E-state index contributed by atoms with van der Waals surface area (Å²) in [6.07, 6.45) is 9.32. The van der Waals surface area contributed by atoms with E-state index < -0.39 is 0 Å². The van der Waals surface area contributed by atoms with Crippen LogP contribution < -0.4 is 10.5 Å². The Labute approximate surface area is 238 Å². The van der Waals surface area contributed by atoms with E-state index >= 15 is 0 Å². The highest BCUT2D eigenvalue weighted by Crippen LogP contribution is 2.36. The fraction of sp³-hybridized carbons (Fsp3) is 0.324. The van der Waals surface area contributed by atoms with Crippen molar-refractivity contribution < 1.29 is 4.74 Å². The molecule has 2 atom stereocenters. The van der Waals surface area contributed by atoms with Crippen molar-refractivity contribution in [3.63, 3.8) is 0 Å². The van der Waals surface area contributed by atoms with Crippen molar-refractivity contribution in [3.8, 4) is 5.75 Å². The zero-order chi connectivity index (χ0) is 27.9. The molecule has 0 amide bonds. The Bertz CT molecular complexity index is 1380. The number of nitrogens with zero attached hydrogens (tertiary/aromatic N) is 2. The lowest BCUT2D eigenvalue weighted by atomic mass is 9.95. The molecular weight excluding hydrogens is 502 g/mol. The third-order valence-electron chi connectivity index (χ3n) is 7.53. The minimum atomic E-state index is 0.0245. The lowest BCUT2D eigenvalue weighted by Gasteiger charge is -2.26. The predicted octanol–water partition coefficient (Wildman–Crippen LogP) is 8.44. The van der Waals surface area contributed by atoms with Gasteiger partial charge in [0.15, 0.2) is 5.90 Å². The lowest BCUT2D eigenvalue weighted by molar-refractivity contribution is 0.297. The summed E-state index contributed by atoms with van der Waals surface area (Å²) in [6.45, 7) is 9.61. The molecule has 3 aromatic carbocycles. The van der Waals surface area contributed by atoms with Crippen LogP contribution in [0.2, 0.25) is 5.02 Å². The molecule has 2 N–H and O–H groups in total. The zero-order valence-electron chi connectivity index (χ0n) is 23.7. The average molecular weight is 542 g/mol. The van der Waals surface area contributed by atoms with Crippen LogP contribution in [0, 0.1) is 12.8 Å². The molecular formula is C34H40ClN3O. The number of rotatable bonds is 9. The monoisotopic (exact) mass is 541 g/mol. The molecule has 5 heteroatoms. The normalized spacial score (nSPS) is 16.3. The summed E-state index contributed by atoms with van der Waals surface area (Å²) in [5.74, 6) is 1.44. The van der Waals surface area contributed by atoms with Crippen molar-refractivity contribution >= 4 is 34.4 Å². The quantitative estimate of drug-likeness (QED) is 0.168. The number of halogens is 1. The van der Waals surface area contributed by atoms with Gasteiger partial charge < -0.3 is 10.5 Å². The van der Waals surface area contributed by atoms with E-state index in [4.69, 9.17) is 27.1 Å². The van der Waals surface area contributed by atoms with Crippen LogP contribution in [0.15, 0.2) is 83.9 Å². The van der Waals surface area contributed by atoms with E-state index in [9.17, 15) is 0 Å². The van der Waals surface area contributed by atoms with Gasteiger partial charge in [-0.25, -0.2) is 4.99 Å². The molecule has 204 valence electrons. The fourth-order valence-corrected chi connectivity index (χ4v) is 5.17. The number of aryl methyl sites for hydroxylation is 2.